The van der Waals surface area contributed by atoms with Gasteiger partial charge >= 0.3 is 6.09 Å². The van der Waals surface area contributed by atoms with Crippen molar-refractivity contribution in [3.05, 3.63) is 42.0 Å². The third-order valence-corrected chi connectivity index (χ3v) is 3.66. The maximum absolute atomic E-state index is 11.8. The van der Waals surface area contributed by atoms with Crippen LogP contribution in [0.2, 0.25) is 0 Å². The normalized spacial score (nSPS) is 10.1. The molecule has 0 bridgehead atoms. The van der Waals surface area contributed by atoms with E-state index in [1.165, 1.54) is 0 Å². The number of hydrogen-bond donors (Lipinski definition) is 1. The Kier molecular flexibility index (Phi) is 6.89. The lowest BCUT2D eigenvalue weighted by molar-refractivity contribution is 0.168. The van der Waals surface area contributed by atoms with Crippen molar-refractivity contribution in [3.63, 3.8) is 0 Å². The van der Waals surface area contributed by atoms with Crippen molar-refractivity contribution in [2.24, 2.45) is 0 Å². The molecule has 0 atom stereocenters. The van der Waals surface area contributed by atoms with Crippen molar-refractivity contribution >= 4 is 24.3 Å². The van der Waals surface area contributed by atoms with Crippen molar-refractivity contribution in [2.75, 3.05) is 19.0 Å². The highest BCUT2D eigenvalue weighted by atomic mass is 35.5. The van der Waals surface area contributed by atoms with Crippen LogP contribution >= 0.6 is 12.4 Å². The minimum atomic E-state index is -0.592. The fourth-order valence-electron chi connectivity index (χ4n) is 2.51. The van der Waals surface area contributed by atoms with Crippen LogP contribution < -0.4 is 10.1 Å². The molecular weight excluding hydrogens is 384 g/mol. The van der Waals surface area contributed by atoms with E-state index < -0.39 is 6.09 Å². The van der Waals surface area contributed by atoms with Gasteiger partial charge in [-0.2, -0.15) is 10.1 Å². The summed E-state index contributed by atoms with van der Waals surface area (Å²) in [6, 6.07) is 5.36. The zero-order valence-corrected chi connectivity index (χ0v) is 16.8. The molecule has 0 unspecified atom stereocenters. The SMILES string of the molecule is CCOC(=O)Nc1cc(-c2cncc(OC)c2)nc(-n2nc(C)cc2C)n1.Cl. The Morgan fingerprint density at radius 3 is 2.61 bits per heavy atom. The number of amides is 1. The Morgan fingerprint density at radius 2 is 1.96 bits per heavy atom. The molecule has 1 N–H and O–H groups in total. The average molecular weight is 405 g/mol. The zero-order valence-electron chi connectivity index (χ0n) is 16.0. The Hall–Kier alpha value is -3.20. The van der Waals surface area contributed by atoms with Crippen LogP contribution in [0.3, 0.4) is 0 Å². The number of carbonyl (C=O) groups is 1. The lowest BCUT2D eigenvalue weighted by Crippen LogP contribution is -2.16. The van der Waals surface area contributed by atoms with Gasteiger partial charge in [0.15, 0.2) is 0 Å². The van der Waals surface area contributed by atoms with Crippen LogP contribution in [0, 0.1) is 13.8 Å². The molecule has 28 heavy (non-hydrogen) atoms. The summed E-state index contributed by atoms with van der Waals surface area (Å²) in [6.45, 7) is 5.78. The predicted molar refractivity (Wildman–Crippen MR) is 106 cm³/mol. The molecule has 0 saturated carbocycles. The number of nitrogens with one attached hydrogen (secondary N) is 1. The van der Waals surface area contributed by atoms with Crippen LogP contribution in [0.4, 0.5) is 10.6 Å². The first kappa shape index (κ1) is 21.1. The number of carbonyl (C=O) groups excluding carboxylic acids is 1. The third kappa shape index (κ3) is 4.74. The summed E-state index contributed by atoms with van der Waals surface area (Å²) in [6.07, 6.45) is 2.67. The van der Waals surface area contributed by atoms with Crippen LogP contribution in [0.15, 0.2) is 30.6 Å². The van der Waals surface area contributed by atoms with E-state index >= 15 is 0 Å². The summed E-state index contributed by atoms with van der Waals surface area (Å²) in [4.78, 5) is 25.0. The molecular formula is C18H21ClN6O3. The molecule has 0 fully saturated rings. The summed E-state index contributed by atoms with van der Waals surface area (Å²) < 4.78 is 11.8. The second kappa shape index (κ2) is 9.14. The fourth-order valence-corrected chi connectivity index (χ4v) is 2.51. The largest absolute Gasteiger partial charge is 0.495 e. The topological polar surface area (TPSA) is 104 Å². The first-order valence-corrected chi connectivity index (χ1v) is 8.36. The molecule has 0 aliphatic heterocycles. The van der Waals surface area contributed by atoms with Gasteiger partial charge in [0, 0.05) is 23.5 Å². The quantitative estimate of drug-likeness (QED) is 0.695. The van der Waals surface area contributed by atoms with Gasteiger partial charge in [-0.15, -0.1) is 12.4 Å². The van der Waals surface area contributed by atoms with Crippen molar-refractivity contribution < 1.29 is 14.3 Å². The number of anilines is 1. The molecule has 0 spiro atoms. The highest BCUT2D eigenvalue weighted by molar-refractivity contribution is 5.85. The summed E-state index contributed by atoms with van der Waals surface area (Å²) in [5, 5.41) is 7.03. The molecule has 3 aromatic heterocycles. The summed E-state index contributed by atoms with van der Waals surface area (Å²) in [7, 11) is 1.57. The monoisotopic (exact) mass is 404 g/mol. The van der Waals surface area contributed by atoms with E-state index in [9.17, 15) is 4.79 Å². The third-order valence-electron chi connectivity index (χ3n) is 3.66. The summed E-state index contributed by atoms with van der Waals surface area (Å²) >= 11 is 0. The number of aryl methyl sites for hydroxylation is 2. The number of methoxy groups -OCH3 is 1. The molecule has 0 aromatic carbocycles. The number of hydrogen-bond acceptors (Lipinski definition) is 7. The number of ether oxygens (including phenoxy) is 2. The van der Waals surface area contributed by atoms with E-state index in [1.54, 1.807) is 43.2 Å². The van der Waals surface area contributed by atoms with Crippen molar-refractivity contribution in [1.82, 2.24) is 24.7 Å². The van der Waals surface area contributed by atoms with Crippen LogP contribution in [0.5, 0.6) is 5.75 Å². The Morgan fingerprint density at radius 1 is 1.18 bits per heavy atom. The first-order valence-electron chi connectivity index (χ1n) is 8.36. The molecule has 148 valence electrons. The maximum atomic E-state index is 11.8. The molecule has 3 heterocycles. The number of aromatic nitrogens is 5. The molecule has 0 radical (unpaired) electrons. The van der Waals surface area contributed by atoms with Crippen LogP contribution in [-0.2, 0) is 4.74 Å². The molecule has 0 aliphatic rings. The standard InChI is InChI=1S/C18H20N6O3.ClH/c1-5-27-18(25)22-16-8-15(13-7-14(26-4)10-19-9-13)20-17(21-16)24-12(3)6-11(2)23-24;/h6-10H,5H2,1-4H3,(H,20,21,22,25);1H. The molecule has 0 aliphatic carbocycles. The minimum Gasteiger partial charge on any atom is -0.495 e. The van der Waals surface area contributed by atoms with Gasteiger partial charge in [-0.1, -0.05) is 0 Å². The first-order chi connectivity index (χ1) is 13.0. The maximum Gasteiger partial charge on any atom is 0.412 e. The van der Waals surface area contributed by atoms with Gasteiger partial charge in [-0.05, 0) is 32.9 Å². The lowest BCUT2D eigenvalue weighted by Gasteiger charge is -2.10. The second-order valence-electron chi connectivity index (χ2n) is 5.74. The van der Waals surface area contributed by atoms with E-state index in [2.05, 4.69) is 25.4 Å². The smallest absolute Gasteiger partial charge is 0.412 e. The van der Waals surface area contributed by atoms with Gasteiger partial charge in [0.05, 0.1) is 31.3 Å². The van der Waals surface area contributed by atoms with Gasteiger partial charge in [-0.25, -0.2) is 14.5 Å². The van der Waals surface area contributed by atoms with Crippen molar-refractivity contribution in [3.8, 4) is 23.0 Å². The molecule has 9 nitrogen and oxygen atoms in total. The minimum absolute atomic E-state index is 0. The molecule has 10 heteroatoms. The van der Waals surface area contributed by atoms with Crippen LogP contribution in [0.25, 0.3) is 17.2 Å². The van der Waals surface area contributed by atoms with Gasteiger partial charge in [0.25, 0.3) is 5.95 Å². The number of nitrogens with zero attached hydrogens (tertiary/aromatic N) is 5. The van der Waals surface area contributed by atoms with Crippen molar-refractivity contribution in [1.29, 1.82) is 0 Å². The average Bonchev–Trinajstić information content (AvgIpc) is 3.00. The number of pyridine rings is 1. The number of rotatable bonds is 5. The van der Waals surface area contributed by atoms with Gasteiger partial charge < -0.3 is 9.47 Å². The Labute approximate surface area is 168 Å². The second-order valence-corrected chi connectivity index (χ2v) is 5.74. The van der Waals surface area contributed by atoms with E-state index in [0.29, 0.717) is 28.8 Å². The zero-order chi connectivity index (χ0) is 19.4. The molecule has 3 rings (SSSR count). The van der Waals surface area contributed by atoms with E-state index in [0.717, 1.165) is 11.4 Å². The highest BCUT2D eigenvalue weighted by Crippen LogP contribution is 2.24. The summed E-state index contributed by atoms with van der Waals surface area (Å²) in [5.41, 5.74) is 2.98. The highest BCUT2D eigenvalue weighted by Gasteiger charge is 2.14. The van der Waals surface area contributed by atoms with Gasteiger partial charge in [-0.3, -0.25) is 10.3 Å². The molecule has 3 aromatic rings. The summed E-state index contributed by atoms with van der Waals surface area (Å²) in [5.74, 6) is 1.22. The van der Waals surface area contributed by atoms with Gasteiger partial charge in [0.2, 0.25) is 0 Å². The Bertz CT molecular complexity index is 976. The lowest BCUT2D eigenvalue weighted by atomic mass is 10.2. The Balaban J connectivity index is 0.00000280. The molecule has 0 saturated heterocycles. The van der Waals surface area contributed by atoms with Gasteiger partial charge in [0.1, 0.15) is 11.6 Å². The molecule has 1 amide bonds. The van der Waals surface area contributed by atoms with E-state index in [1.807, 2.05) is 19.9 Å². The fraction of sp³-hybridized carbons (Fsp3) is 0.278. The number of halogens is 1. The van der Waals surface area contributed by atoms with E-state index in [4.69, 9.17) is 9.47 Å². The van der Waals surface area contributed by atoms with Crippen molar-refractivity contribution in [2.45, 2.75) is 20.8 Å². The van der Waals surface area contributed by atoms with E-state index in [-0.39, 0.29) is 19.0 Å². The van der Waals surface area contributed by atoms with Crippen LogP contribution in [-0.4, -0.2) is 44.5 Å². The predicted octanol–water partition coefficient (Wildman–Crippen LogP) is 3.34. The van der Waals surface area contributed by atoms with Crippen LogP contribution in [0.1, 0.15) is 18.3 Å².